The van der Waals surface area contributed by atoms with Gasteiger partial charge in [0.05, 0.1) is 12.4 Å². The summed E-state index contributed by atoms with van der Waals surface area (Å²) in [5.74, 6) is -0.187. The third kappa shape index (κ3) is 13.2. The number of nitrogens with zero attached hydrogens (tertiary/aromatic N) is 8. The second kappa shape index (κ2) is 21.4. The Bertz CT molecular complexity index is 1310. The Labute approximate surface area is 248 Å². The average molecular weight is 638 g/mol. The minimum atomic E-state index is -0.205. The minimum absolute atomic E-state index is 0. The van der Waals surface area contributed by atoms with E-state index in [0.29, 0.717) is 22.3 Å². The summed E-state index contributed by atoms with van der Waals surface area (Å²) in [7, 11) is 0. The number of rotatable bonds is 6. The van der Waals surface area contributed by atoms with Gasteiger partial charge in [0.2, 0.25) is 11.8 Å². The van der Waals surface area contributed by atoms with Crippen molar-refractivity contribution in [2.45, 2.75) is 0 Å². The first kappa shape index (κ1) is 35.5. The van der Waals surface area contributed by atoms with Gasteiger partial charge in [-0.25, -0.2) is 0 Å². The van der Waals surface area contributed by atoms with E-state index < -0.39 is 0 Å². The molecule has 0 atom stereocenters. The Morgan fingerprint density at radius 3 is 1.22 bits per heavy atom. The summed E-state index contributed by atoms with van der Waals surface area (Å²) < 4.78 is 0. The van der Waals surface area contributed by atoms with Gasteiger partial charge >= 0.3 is 21.1 Å². The summed E-state index contributed by atoms with van der Waals surface area (Å²) in [5, 5.41) is 52.9. The normalized spacial score (nSPS) is 10.6. The van der Waals surface area contributed by atoms with Crippen molar-refractivity contribution in [1.29, 1.82) is 0 Å². The Hall–Kier alpha value is -5.49. The molecule has 41 heavy (non-hydrogen) atoms. The van der Waals surface area contributed by atoms with Gasteiger partial charge in [0.25, 0.3) is 0 Å². The standard InChI is InChI=1S/2C13H11N3O2.Mo.2NO/c2*17-12-4-2-1-3-11(12)9-15-16-13(18)10-5-7-14-8-6-10;;2*1-2/h2*1-9,17H,(H,16,18);;;/q;;+2;2*-1/b2*15-9-;;;. The first-order valence-electron chi connectivity index (χ1n) is 10.9. The van der Waals surface area contributed by atoms with Crippen LogP contribution >= 0.6 is 0 Å². The van der Waals surface area contributed by atoms with E-state index in [-0.39, 0.29) is 44.4 Å². The largest absolute Gasteiger partial charge is 2.00 e. The van der Waals surface area contributed by atoms with Crippen LogP contribution in [0.1, 0.15) is 22.3 Å². The molecule has 2 aromatic heterocycles. The average Bonchev–Trinajstić information content (AvgIpc) is 3.02. The zero-order valence-corrected chi connectivity index (χ0v) is 23.0. The van der Waals surface area contributed by atoms with Crippen LogP contribution in [0.15, 0.2) is 118 Å². The molecule has 15 heteroatoms. The molecule has 0 saturated heterocycles. The van der Waals surface area contributed by atoms with Crippen LogP contribution in [0.25, 0.3) is 11.2 Å². The minimum Gasteiger partial charge on any atom is -0.577 e. The van der Waals surface area contributed by atoms with Gasteiger partial charge in [0.15, 0.2) is 0 Å². The topological polar surface area (TPSA) is 235 Å². The monoisotopic (exact) mass is 640 g/mol. The second-order valence-electron chi connectivity index (χ2n) is 6.93. The maximum absolute atomic E-state index is 9.61. The molecule has 208 valence electrons. The Balaban J connectivity index is 0.000000681. The van der Waals surface area contributed by atoms with Gasteiger partial charge in [-0.05, 0) is 48.5 Å². The molecule has 2 aromatic carbocycles. The zero-order chi connectivity index (χ0) is 29.6. The Morgan fingerprint density at radius 1 is 0.585 bits per heavy atom. The van der Waals surface area contributed by atoms with E-state index in [2.05, 4.69) is 30.4 Å². The fraction of sp³-hybridized carbons (Fsp3) is 0. The number of nitroso groups, excluding NO2 is 2. The van der Waals surface area contributed by atoms with Crippen LogP contribution in [0.4, 0.5) is 0 Å². The Kier molecular flexibility index (Phi) is 18.6. The molecule has 4 aromatic rings. The quantitative estimate of drug-likeness (QED) is 0.0979. The van der Waals surface area contributed by atoms with E-state index in [4.69, 9.17) is 21.0 Å². The Morgan fingerprint density at radius 2 is 0.902 bits per heavy atom. The van der Waals surface area contributed by atoms with Crippen molar-refractivity contribution in [3.63, 3.8) is 0 Å². The molecule has 0 saturated carbocycles. The number of para-hydroxylation sites is 2. The van der Waals surface area contributed by atoms with Crippen molar-refractivity contribution in [3.8, 4) is 11.5 Å². The SMILES string of the molecule is O/C(=N\N=C/c1ccccc1O)c1ccncc1.O/C(=N\N=C/c1ccccc1O)c1ccncc1.[Mo+2].[N-]=O.[N-]=O. The van der Waals surface area contributed by atoms with Crippen molar-refractivity contribution in [2.24, 2.45) is 20.4 Å². The first-order valence-corrected chi connectivity index (χ1v) is 10.9. The third-order valence-corrected chi connectivity index (χ3v) is 4.45. The van der Waals surface area contributed by atoms with Crippen LogP contribution in [0, 0.1) is 9.81 Å². The fourth-order valence-corrected chi connectivity index (χ4v) is 2.60. The van der Waals surface area contributed by atoms with Crippen molar-refractivity contribution >= 4 is 24.2 Å². The number of aliphatic hydroxyl groups is 2. The van der Waals surface area contributed by atoms with Crippen LogP contribution in [-0.2, 0) is 21.1 Å². The van der Waals surface area contributed by atoms with E-state index in [0.717, 1.165) is 0 Å². The molecule has 14 nitrogen and oxygen atoms in total. The number of phenols is 2. The number of pyridine rings is 2. The van der Waals surface area contributed by atoms with Gasteiger partial charge in [-0.15, -0.1) is 10.2 Å². The van der Waals surface area contributed by atoms with Crippen molar-refractivity contribution < 1.29 is 41.5 Å². The molecule has 4 rings (SSSR count). The summed E-state index contributed by atoms with van der Waals surface area (Å²) in [6.45, 7) is 0. The van der Waals surface area contributed by atoms with Crippen molar-refractivity contribution in [2.75, 3.05) is 0 Å². The van der Waals surface area contributed by atoms with Crippen LogP contribution < -0.4 is 0 Å². The summed E-state index contributed by atoms with van der Waals surface area (Å²) in [6.07, 6.45) is 8.93. The number of aromatic hydroxyl groups is 2. The zero-order valence-electron chi connectivity index (χ0n) is 21.0. The first-order chi connectivity index (χ1) is 19.5. The summed E-state index contributed by atoms with van der Waals surface area (Å²) in [5.41, 5.74) is 13.6. The predicted octanol–water partition coefficient (Wildman–Crippen LogP) is 4.89. The molecule has 0 bridgehead atoms. The van der Waals surface area contributed by atoms with E-state index >= 15 is 0 Å². The maximum atomic E-state index is 9.61. The summed E-state index contributed by atoms with van der Waals surface area (Å²) in [4.78, 5) is 22.2. The van der Waals surface area contributed by atoms with Crippen molar-refractivity contribution in [1.82, 2.24) is 9.97 Å². The summed E-state index contributed by atoms with van der Waals surface area (Å²) in [6, 6.07) is 19.9. The molecule has 0 fully saturated rings. The molecule has 0 aliphatic rings. The number of hydrogen-bond donors (Lipinski definition) is 4. The van der Waals surface area contributed by atoms with Gasteiger partial charge in [0, 0.05) is 47.0 Å². The van der Waals surface area contributed by atoms with E-state index in [1.165, 1.54) is 12.4 Å². The predicted molar refractivity (Wildman–Crippen MR) is 152 cm³/mol. The van der Waals surface area contributed by atoms with E-state index in [1.807, 2.05) is 0 Å². The van der Waals surface area contributed by atoms with Gasteiger partial charge in [0.1, 0.15) is 11.5 Å². The molecule has 0 aliphatic heterocycles. The smallest absolute Gasteiger partial charge is 0.577 e. The molecule has 0 unspecified atom stereocenters. The molecule has 4 N–H and O–H groups in total. The number of aromatic nitrogens is 2. The van der Waals surface area contributed by atoms with Gasteiger partial charge in [-0.2, -0.15) is 10.2 Å². The number of hydrogen-bond acceptors (Lipinski definition) is 10. The van der Waals surface area contributed by atoms with Gasteiger partial charge in [-0.3, -0.25) is 9.97 Å². The molecular formula is C26H22MoN8O6. The van der Waals surface area contributed by atoms with E-state index in [1.54, 1.807) is 97.6 Å². The maximum Gasteiger partial charge on any atom is 2.00 e. The van der Waals surface area contributed by atoms with Gasteiger partial charge < -0.3 is 41.4 Å². The van der Waals surface area contributed by atoms with E-state index in [9.17, 15) is 20.4 Å². The molecular weight excluding hydrogens is 616 g/mol. The van der Waals surface area contributed by atoms with Crippen LogP contribution in [0.2, 0.25) is 0 Å². The molecule has 0 aliphatic carbocycles. The van der Waals surface area contributed by atoms with Crippen molar-refractivity contribution in [3.05, 3.63) is 141 Å². The van der Waals surface area contributed by atoms with Gasteiger partial charge in [-0.1, -0.05) is 24.3 Å². The second-order valence-corrected chi connectivity index (χ2v) is 6.93. The number of benzene rings is 2. The van der Waals surface area contributed by atoms with Crippen LogP contribution in [0.3, 0.4) is 0 Å². The fourth-order valence-electron chi connectivity index (χ4n) is 2.60. The van der Waals surface area contributed by atoms with Crippen LogP contribution in [0.5, 0.6) is 11.5 Å². The number of phenolic OH excluding ortho intramolecular Hbond substituents is 2. The molecule has 0 radical (unpaired) electrons. The summed E-state index contributed by atoms with van der Waals surface area (Å²) >= 11 is 0. The molecule has 0 spiro atoms. The number of aliphatic hydroxyl groups excluding tert-OH is 2. The van der Waals surface area contributed by atoms with Crippen LogP contribution in [-0.4, -0.2) is 54.6 Å². The molecule has 2 heterocycles. The third-order valence-electron chi connectivity index (χ3n) is 4.45. The molecule has 0 amide bonds.